The Morgan fingerprint density at radius 1 is 1.22 bits per heavy atom. The average molecular weight is 563 g/mol. The maximum absolute atomic E-state index is 11.5. The molecule has 0 amide bonds. The summed E-state index contributed by atoms with van der Waals surface area (Å²) in [6.45, 7) is 11.5. The Morgan fingerprint density at radius 2 is 2.00 bits per heavy atom. The number of rotatable bonds is 8. The molecule has 41 heavy (non-hydrogen) atoms. The van der Waals surface area contributed by atoms with Gasteiger partial charge in [-0.2, -0.15) is 0 Å². The maximum atomic E-state index is 11.5. The minimum atomic E-state index is -1.69. The first-order valence-electron chi connectivity index (χ1n) is 14.6. The fourth-order valence-corrected chi connectivity index (χ4v) is 6.39. The Balaban J connectivity index is 1.06. The average Bonchev–Trinajstić information content (AvgIpc) is 3.58. The lowest BCUT2D eigenvalue weighted by Gasteiger charge is -2.46. The van der Waals surface area contributed by atoms with E-state index in [-0.39, 0.29) is 23.9 Å². The van der Waals surface area contributed by atoms with Crippen LogP contribution in [0.2, 0.25) is 0 Å². The first kappa shape index (κ1) is 28.0. The van der Waals surface area contributed by atoms with Crippen molar-refractivity contribution in [3.63, 3.8) is 0 Å². The Labute approximate surface area is 240 Å². The smallest absolute Gasteiger partial charge is 0.197 e. The molecule has 2 fully saturated rings. The number of aliphatic hydroxyl groups is 2. The minimum Gasteiger partial charge on any atom is -0.385 e. The van der Waals surface area contributed by atoms with Gasteiger partial charge in [0.25, 0.3) is 0 Å². The van der Waals surface area contributed by atoms with Gasteiger partial charge in [0.2, 0.25) is 0 Å². The molecular formula is C30H42N8O3. The molecule has 3 aromatic heterocycles. The van der Waals surface area contributed by atoms with Crippen LogP contribution < -0.4 is 5.73 Å². The molecule has 11 nitrogen and oxygen atoms in total. The van der Waals surface area contributed by atoms with Crippen LogP contribution in [0, 0.1) is 5.92 Å². The molecule has 2 aliphatic rings. The number of anilines is 1. The Kier molecular flexibility index (Phi) is 7.04. The van der Waals surface area contributed by atoms with E-state index in [0.29, 0.717) is 29.7 Å². The first-order chi connectivity index (χ1) is 19.4. The predicted octanol–water partition coefficient (Wildman–Crippen LogP) is 3.11. The van der Waals surface area contributed by atoms with Gasteiger partial charge < -0.3 is 25.7 Å². The first-order valence-corrected chi connectivity index (χ1v) is 14.6. The zero-order chi connectivity index (χ0) is 29.1. The topological polar surface area (TPSA) is 151 Å². The molecule has 1 aromatic carbocycles. The van der Waals surface area contributed by atoms with E-state index in [2.05, 4.69) is 77.7 Å². The number of ether oxygens (including phenoxy) is 1. The molecule has 0 radical (unpaired) electrons. The standard InChI is InChI=1S/C30H42N8O3/c1-17(2)37(13-23-26(39)30(40,14-41-23)38-16-34-25-27(31)32-15-33-28(25)38)20-10-18(11-20)6-9-24-35-21-8-7-19(29(3,4)5)12-22(21)36-24/h7-8,12,15-18,20,23,26,39-40H,6,9-11,13-14H2,1-5H3,(H,35,36)(H2,31,32,33)/t18?,20?,23?,26-,30-/m1/s1. The zero-order valence-electron chi connectivity index (χ0n) is 24.6. The number of hydrogen-bond acceptors (Lipinski definition) is 9. The number of benzene rings is 1. The van der Waals surface area contributed by atoms with E-state index in [1.165, 1.54) is 22.8 Å². The molecular weight excluding hydrogens is 520 g/mol. The SMILES string of the molecule is CC(C)N(CC1OC[C@](O)(n2cnc3c(N)ncnc32)[C@@H]1O)C1CC(CCc2nc3cc(C(C)(C)C)ccc3[nH]2)C1. The van der Waals surface area contributed by atoms with Gasteiger partial charge in [-0.05, 0) is 62.1 Å². The van der Waals surface area contributed by atoms with Gasteiger partial charge in [-0.3, -0.25) is 9.47 Å². The number of fused-ring (bicyclic) bond motifs is 2. The third-order valence-electron chi connectivity index (χ3n) is 9.04. The van der Waals surface area contributed by atoms with Crippen molar-refractivity contribution in [3.05, 3.63) is 42.2 Å². The highest BCUT2D eigenvalue weighted by atomic mass is 16.5. The molecule has 0 bridgehead atoms. The van der Waals surface area contributed by atoms with E-state index in [4.69, 9.17) is 15.5 Å². The number of aromatic nitrogens is 6. The van der Waals surface area contributed by atoms with E-state index in [1.807, 2.05) is 0 Å². The third-order valence-corrected chi connectivity index (χ3v) is 9.04. The Bertz CT molecular complexity index is 1540. The number of nitrogens with one attached hydrogen (secondary N) is 1. The van der Waals surface area contributed by atoms with Crippen LogP contribution in [0.15, 0.2) is 30.9 Å². The van der Waals surface area contributed by atoms with Crippen LogP contribution in [0.25, 0.3) is 22.2 Å². The van der Waals surface area contributed by atoms with E-state index >= 15 is 0 Å². The molecule has 1 unspecified atom stereocenters. The van der Waals surface area contributed by atoms with Crippen molar-refractivity contribution in [2.75, 3.05) is 18.9 Å². The maximum Gasteiger partial charge on any atom is 0.197 e. The number of imidazole rings is 2. The molecule has 6 rings (SSSR count). The number of nitrogen functional groups attached to an aromatic ring is 1. The summed E-state index contributed by atoms with van der Waals surface area (Å²) in [4.78, 5) is 23.2. The Hall–Kier alpha value is -3.12. The van der Waals surface area contributed by atoms with Crippen molar-refractivity contribution in [2.24, 2.45) is 5.92 Å². The van der Waals surface area contributed by atoms with Gasteiger partial charge in [-0.15, -0.1) is 0 Å². The summed E-state index contributed by atoms with van der Waals surface area (Å²) in [5, 5.41) is 22.7. The lowest BCUT2D eigenvalue weighted by atomic mass is 9.76. The van der Waals surface area contributed by atoms with Gasteiger partial charge in [-0.25, -0.2) is 19.9 Å². The summed E-state index contributed by atoms with van der Waals surface area (Å²) < 4.78 is 7.45. The van der Waals surface area contributed by atoms with Crippen LogP contribution in [0.5, 0.6) is 0 Å². The fraction of sp³-hybridized carbons (Fsp3) is 0.600. The molecule has 1 aliphatic heterocycles. The van der Waals surface area contributed by atoms with Crippen molar-refractivity contribution in [2.45, 2.75) is 95.7 Å². The van der Waals surface area contributed by atoms with Gasteiger partial charge in [0, 0.05) is 25.0 Å². The van der Waals surface area contributed by atoms with Gasteiger partial charge >= 0.3 is 0 Å². The summed E-state index contributed by atoms with van der Waals surface area (Å²) >= 11 is 0. The van der Waals surface area contributed by atoms with Gasteiger partial charge in [0.1, 0.15) is 29.9 Å². The van der Waals surface area contributed by atoms with Crippen LogP contribution in [-0.4, -0.2) is 82.0 Å². The quantitative estimate of drug-likeness (QED) is 0.254. The van der Waals surface area contributed by atoms with Crippen LogP contribution in [0.4, 0.5) is 5.82 Å². The normalized spacial score (nSPS) is 27.0. The van der Waals surface area contributed by atoms with Gasteiger partial charge in [0.15, 0.2) is 17.2 Å². The van der Waals surface area contributed by atoms with Crippen molar-refractivity contribution in [1.29, 1.82) is 0 Å². The summed E-state index contributed by atoms with van der Waals surface area (Å²) in [6, 6.07) is 7.23. The molecule has 5 N–H and O–H groups in total. The second-order valence-corrected chi connectivity index (χ2v) is 13.2. The summed E-state index contributed by atoms with van der Waals surface area (Å²) in [5.41, 5.74) is 8.52. The number of hydrogen-bond donors (Lipinski definition) is 4. The largest absolute Gasteiger partial charge is 0.385 e. The van der Waals surface area contributed by atoms with E-state index in [0.717, 1.165) is 42.5 Å². The van der Waals surface area contributed by atoms with Gasteiger partial charge in [0.05, 0.1) is 24.0 Å². The third kappa shape index (κ3) is 5.09. The zero-order valence-corrected chi connectivity index (χ0v) is 24.6. The summed E-state index contributed by atoms with van der Waals surface area (Å²) in [5.74, 6) is 1.91. The predicted molar refractivity (Wildman–Crippen MR) is 157 cm³/mol. The van der Waals surface area contributed by atoms with E-state index < -0.39 is 17.9 Å². The van der Waals surface area contributed by atoms with Crippen molar-refractivity contribution >= 4 is 28.0 Å². The number of aliphatic hydroxyl groups excluding tert-OH is 1. The van der Waals surface area contributed by atoms with E-state index in [9.17, 15) is 10.2 Å². The minimum absolute atomic E-state index is 0.0673. The van der Waals surface area contributed by atoms with Crippen LogP contribution in [0.1, 0.15) is 65.3 Å². The molecule has 1 aliphatic carbocycles. The fourth-order valence-electron chi connectivity index (χ4n) is 6.39. The van der Waals surface area contributed by atoms with Crippen LogP contribution >= 0.6 is 0 Å². The summed E-state index contributed by atoms with van der Waals surface area (Å²) in [6.07, 6.45) is 5.28. The lowest BCUT2D eigenvalue weighted by Crippen LogP contribution is -2.54. The van der Waals surface area contributed by atoms with Crippen LogP contribution in [-0.2, 0) is 22.3 Å². The highest BCUT2D eigenvalue weighted by Crippen LogP contribution is 2.38. The molecule has 3 atom stereocenters. The molecule has 0 spiro atoms. The van der Waals surface area contributed by atoms with Crippen molar-refractivity contribution < 1.29 is 14.9 Å². The van der Waals surface area contributed by atoms with Crippen molar-refractivity contribution in [3.8, 4) is 0 Å². The van der Waals surface area contributed by atoms with E-state index in [1.54, 1.807) is 0 Å². The number of nitrogens with zero attached hydrogens (tertiary/aromatic N) is 6. The summed E-state index contributed by atoms with van der Waals surface area (Å²) in [7, 11) is 0. The molecule has 1 saturated carbocycles. The molecule has 1 saturated heterocycles. The molecule has 4 aromatic rings. The molecule has 11 heteroatoms. The van der Waals surface area contributed by atoms with Crippen LogP contribution in [0.3, 0.4) is 0 Å². The monoisotopic (exact) mass is 562 g/mol. The van der Waals surface area contributed by atoms with Gasteiger partial charge in [-0.1, -0.05) is 26.8 Å². The highest BCUT2D eigenvalue weighted by molar-refractivity contribution is 5.81. The molecule has 4 heterocycles. The lowest BCUT2D eigenvalue weighted by molar-refractivity contribution is -0.110. The second kappa shape index (κ2) is 10.3. The number of nitrogens with two attached hydrogens (primary N) is 1. The second-order valence-electron chi connectivity index (χ2n) is 13.2. The molecule has 220 valence electrons. The number of aryl methyl sites for hydroxylation is 1. The number of H-pyrrole nitrogens is 1. The Morgan fingerprint density at radius 3 is 2.73 bits per heavy atom. The number of aromatic amines is 1. The van der Waals surface area contributed by atoms with Crippen molar-refractivity contribution in [1.82, 2.24) is 34.4 Å². The highest BCUT2D eigenvalue weighted by Gasteiger charge is 2.51.